The van der Waals surface area contributed by atoms with Crippen molar-refractivity contribution in [3.05, 3.63) is 77.6 Å². The quantitative estimate of drug-likeness (QED) is 0.228. The van der Waals surface area contributed by atoms with E-state index in [0.717, 1.165) is 24.0 Å². The minimum atomic E-state index is -0.829. The van der Waals surface area contributed by atoms with E-state index in [1.54, 1.807) is 19.2 Å². The first-order valence-corrected chi connectivity index (χ1v) is 13.3. The number of hydrogen-bond acceptors (Lipinski definition) is 4. The summed E-state index contributed by atoms with van der Waals surface area (Å²) in [6, 6.07) is 17.7. The molecule has 0 amide bonds. The molecule has 0 aliphatic rings. The summed E-state index contributed by atoms with van der Waals surface area (Å²) in [5.74, 6) is 1.24. The number of halogens is 1. The molecule has 0 bridgehead atoms. The van der Waals surface area contributed by atoms with E-state index in [0.29, 0.717) is 53.9 Å². The molecular weight excluding hydrogens is 483 g/mol. The van der Waals surface area contributed by atoms with E-state index in [4.69, 9.17) is 19.3 Å². The maximum absolute atomic E-state index is 14.7. The van der Waals surface area contributed by atoms with Crippen LogP contribution in [0, 0.1) is 11.7 Å². The molecule has 0 aliphatic heterocycles. The van der Waals surface area contributed by atoms with Gasteiger partial charge >= 0.3 is 5.97 Å². The number of methoxy groups -OCH3 is 1. The Bertz CT molecular complexity index is 1140. The summed E-state index contributed by atoms with van der Waals surface area (Å²) >= 11 is 0. The molecule has 0 heterocycles. The topological polar surface area (TPSA) is 65.0 Å². The van der Waals surface area contributed by atoms with E-state index in [1.807, 2.05) is 42.5 Å². The second-order valence-electron chi connectivity index (χ2n) is 9.60. The van der Waals surface area contributed by atoms with E-state index < -0.39 is 5.97 Å². The molecule has 0 spiro atoms. The lowest BCUT2D eigenvalue weighted by molar-refractivity contribution is -0.136. The first-order chi connectivity index (χ1) is 18.3. The molecule has 5 nitrogen and oxygen atoms in total. The number of aryl methyl sites for hydroxylation is 1. The van der Waals surface area contributed by atoms with Gasteiger partial charge in [0.25, 0.3) is 0 Å². The first kappa shape index (κ1) is 30.7. The molecule has 6 heteroatoms. The van der Waals surface area contributed by atoms with Crippen molar-refractivity contribution in [2.45, 2.75) is 66.4 Å². The number of carbonyl (C=O) groups is 1. The van der Waals surface area contributed by atoms with Gasteiger partial charge in [0.2, 0.25) is 0 Å². The molecule has 0 saturated carbocycles. The van der Waals surface area contributed by atoms with Gasteiger partial charge in [-0.05, 0) is 72.7 Å². The van der Waals surface area contributed by atoms with E-state index in [-0.39, 0.29) is 12.2 Å². The highest BCUT2D eigenvalue weighted by Gasteiger charge is 2.14. The lowest BCUT2D eigenvalue weighted by Gasteiger charge is -2.16. The predicted molar refractivity (Wildman–Crippen MR) is 151 cm³/mol. The van der Waals surface area contributed by atoms with Crippen molar-refractivity contribution in [2.24, 2.45) is 5.92 Å². The van der Waals surface area contributed by atoms with Crippen LogP contribution in [-0.4, -0.2) is 24.8 Å². The van der Waals surface area contributed by atoms with Gasteiger partial charge in [-0.25, -0.2) is 4.39 Å². The van der Waals surface area contributed by atoms with Gasteiger partial charge in [-0.15, -0.1) is 0 Å². The molecule has 0 saturated heterocycles. The van der Waals surface area contributed by atoms with Gasteiger partial charge in [-0.1, -0.05) is 58.4 Å². The number of carboxylic acid groups (broad SMARTS) is 1. The normalized spacial score (nSPS) is 10.5. The number of carboxylic acids is 1. The molecule has 206 valence electrons. The molecule has 0 aliphatic carbocycles. The van der Waals surface area contributed by atoms with Gasteiger partial charge in [0, 0.05) is 17.5 Å². The van der Waals surface area contributed by atoms with E-state index in [1.165, 1.54) is 12.5 Å². The van der Waals surface area contributed by atoms with Crippen molar-refractivity contribution in [3.63, 3.8) is 0 Å². The zero-order valence-corrected chi connectivity index (χ0v) is 23.3. The molecule has 3 rings (SSSR count). The number of aliphatic carboxylic acids is 1. The van der Waals surface area contributed by atoms with Crippen LogP contribution in [0.3, 0.4) is 0 Å². The van der Waals surface area contributed by atoms with Crippen LogP contribution in [0.4, 0.5) is 4.39 Å². The molecular formula is C32H41FO5. The third-order valence-corrected chi connectivity index (χ3v) is 5.62. The third kappa shape index (κ3) is 10.4. The SMILES string of the molecule is CCC.COc1ccc(F)c(-c2ccc(COc3cccc(CCC(=O)O)c3)cc2OCCCC(C)C)c1. The Kier molecular flexibility index (Phi) is 13.2. The standard InChI is InChI=1S/C29H33FO5.C3H8/c1-20(2)6-5-15-34-28-17-22(9-12-25(28)26-18-23(33-3)11-13-27(26)30)19-35-24-8-4-7-21(16-24)10-14-29(31)32;1-3-2/h4,7-9,11-13,16-18,20H,5-6,10,14-15,19H2,1-3H3,(H,31,32);3H2,1-2H3. The fourth-order valence-electron chi connectivity index (χ4n) is 3.72. The smallest absolute Gasteiger partial charge is 0.303 e. The van der Waals surface area contributed by atoms with Crippen molar-refractivity contribution in [1.29, 1.82) is 0 Å². The summed E-state index contributed by atoms with van der Waals surface area (Å²) in [7, 11) is 1.55. The van der Waals surface area contributed by atoms with Crippen LogP contribution in [0.25, 0.3) is 11.1 Å². The molecule has 1 N–H and O–H groups in total. The van der Waals surface area contributed by atoms with Crippen molar-refractivity contribution in [3.8, 4) is 28.4 Å². The summed E-state index contributed by atoms with van der Waals surface area (Å²) in [6.45, 7) is 9.43. The summed E-state index contributed by atoms with van der Waals surface area (Å²) < 4.78 is 32.1. The third-order valence-electron chi connectivity index (χ3n) is 5.62. The average Bonchev–Trinajstić information content (AvgIpc) is 2.90. The lowest BCUT2D eigenvalue weighted by Crippen LogP contribution is -2.03. The van der Waals surface area contributed by atoms with Crippen LogP contribution >= 0.6 is 0 Å². The number of benzene rings is 3. The van der Waals surface area contributed by atoms with Gasteiger partial charge in [0.05, 0.1) is 13.7 Å². The Morgan fingerprint density at radius 3 is 2.37 bits per heavy atom. The van der Waals surface area contributed by atoms with Crippen LogP contribution in [0.2, 0.25) is 0 Å². The number of ether oxygens (including phenoxy) is 3. The number of rotatable bonds is 13. The minimum Gasteiger partial charge on any atom is -0.497 e. The maximum atomic E-state index is 14.7. The Balaban J connectivity index is 0.00000161. The van der Waals surface area contributed by atoms with Gasteiger partial charge in [0.15, 0.2) is 0 Å². The van der Waals surface area contributed by atoms with Crippen molar-refractivity contribution >= 4 is 5.97 Å². The highest BCUT2D eigenvalue weighted by molar-refractivity contribution is 5.72. The van der Waals surface area contributed by atoms with E-state index >= 15 is 0 Å². The summed E-state index contributed by atoms with van der Waals surface area (Å²) in [6.07, 6.45) is 3.72. The highest BCUT2D eigenvalue weighted by atomic mass is 19.1. The fourth-order valence-corrected chi connectivity index (χ4v) is 3.72. The zero-order valence-electron chi connectivity index (χ0n) is 23.3. The Labute approximate surface area is 226 Å². The molecule has 0 fully saturated rings. The van der Waals surface area contributed by atoms with Gasteiger partial charge in [-0.2, -0.15) is 0 Å². The van der Waals surface area contributed by atoms with Crippen molar-refractivity contribution < 1.29 is 28.5 Å². The largest absolute Gasteiger partial charge is 0.497 e. The summed E-state index contributed by atoms with van der Waals surface area (Å²) in [5, 5.41) is 8.90. The Morgan fingerprint density at radius 2 is 1.68 bits per heavy atom. The van der Waals surface area contributed by atoms with Crippen LogP contribution < -0.4 is 14.2 Å². The van der Waals surface area contributed by atoms with Gasteiger partial charge in [-0.3, -0.25) is 4.79 Å². The van der Waals surface area contributed by atoms with Gasteiger partial charge < -0.3 is 19.3 Å². The fraction of sp³-hybridized carbons (Fsp3) is 0.406. The average molecular weight is 525 g/mol. The molecule has 0 atom stereocenters. The predicted octanol–water partition coefficient (Wildman–Crippen LogP) is 8.33. The van der Waals surface area contributed by atoms with E-state index in [9.17, 15) is 9.18 Å². The summed E-state index contributed by atoms with van der Waals surface area (Å²) in [4.78, 5) is 10.8. The molecule has 38 heavy (non-hydrogen) atoms. The Morgan fingerprint density at radius 1 is 0.921 bits per heavy atom. The number of hydrogen-bond donors (Lipinski definition) is 1. The van der Waals surface area contributed by atoms with Crippen LogP contribution in [-0.2, 0) is 17.8 Å². The molecule has 0 aromatic heterocycles. The lowest BCUT2D eigenvalue weighted by atomic mass is 10.0. The molecule has 0 unspecified atom stereocenters. The molecule has 3 aromatic rings. The van der Waals surface area contributed by atoms with Crippen molar-refractivity contribution in [2.75, 3.05) is 13.7 Å². The maximum Gasteiger partial charge on any atom is 0.303 e. The minimum absolute atomic E-state index is 0.0727. The van der Waals surface area contributed by atoms with Crippen LogP contribution in [0.5, 0.6) is 17.2 Å². The van der Waals surface area contributed by atoms with Crippen molar-refractivity contribution in [1.82, 2.24) is 0 Å². The van der Waals surface area contributed by atoms with Crippen LogP contribution in [0.15, 0.2) is 60.7 Å². The highest BCUT2D eigenvalue weighted by Crippen LogP contribution is 2.35. The molecule has 3 aromatic carbocycles. The molecule has 0 radical (unpaired) electrons. The van der Waals surface area contributed by atoms with Crippen LogP contribution in [0.1, 0.15) is 64.5 Å². The second-order valence-corrected chi connectivity index (χ2v) is 9.60. The monoisotopic (exact) mass is 524 g/mol. The first-order valence-electron chi connectivity index (χ1n) is 13.3. The Hall–Kier alpha value is -3.54. The van der Waals surface area contributed by atoms with E-state index in [2.05, 4.69) is 27.7 Å². The summed E-state index contributed by atoms with van der Waals surface area (Å²) in [5.41, 5.74) is 2.86. The zero-order chi connectivity index (χ0) is 27.9. The van der Waals surface area contributed by atoms with Gasteiger partial charge in [0.1, 0.15) is 29.7 Å². The second kappa shape index (κ2) is 16.3.